The van der Waals surface area contributed by atoms with Crippen LogP contribution in [0.1, 0.15) is 25.6 Å². The summed E-state index contributed by atoms with van der Waals surface area (Å²) in [6.45, 7) is 3.88. The molecule has 2 aromatic carbocycles. The number of hydrogen-bond donors (Lipinski definition) is 1. The number of nitrogens with one attached hydrogen (secondary N) is 1. The molecule has 29 heavy (non-hydrogen) atoms. The molecule has 3 rings (SSSR count). The SMILES string of the molecule is CC1(C)[C@H](C(=O)OC(NC=O)c2cccc(Oc3ccccc3)c2)[C@@H]1C=C(Cl)Cl. The highest BCUT2D eigenvalue weighted by Crippen LogP contribution is 2.60. The lowest BCUT2D eigenvalue weighted by molar-refractivity contribution is -0.154. The number of carbonyl (C=O) groups is 2. The molecule has 1 unspecified atom stereocenters. The Morgan fingerprint density at radius 2 is 1.79 bits per heavy atom. The number of amides is 1. The molecule has 0 bridgehead atoms. The number of hydrogen-bond acceptors (Lipinski definition) is 4. The standard InChI is InChI=1S/C22H21Cl2NO4/c1-22(2)17(12-18(23)24)19(22)21(27)29-20(25-13-26)14-7-6-10-16(11-14)28-15-8-4-3-5-9-15/h3-13,17,19-20H,1-2H3,(H,25,26)/t17-,19-,20?/m0/s1. The quantitative estimate of drug-likeness (QED) is 0.345. The van der Waals surface area contributed by atoms with Gasteiger partial charge >= 0.3 is 5.97 Å². The predicted octanol–water partition coefficient (Wildman–Crippen LogP) is 5.36. The maximum absolute atomic E-state index is 12.7. The van der Waals surface area contributed by atoms with Gasteiger partial charge in [0.2, 0.25) is 12.6 Å². The van der Waals surface area contributed by atoms with Gasteiger partial charge in [0.15, 0.2) is 0 Å². The summed E-state index contributed by atoms with van der Waals surface area (Å²) in [5.41, 5.74) is 0.260. The van der Waals surface area contributed by atoms with Crippen LogP contribution in [0.5, 0.6) is 11.5 Å². The Balaban J connectivity index is 1.75. The predicted molar refractivity (Wildman–Crippen MR) is 112 cm³/mol. The van der Waals surface area contributed by atoms with Gasteiger partial charge in [0, 0.05) is 5.56 Å². The molecule has 1 fully saturated rings. The van der Waals surface area contributed by atoms with Gasteiger partial charge in [0.1, 0.15) is 16.0 Å². The second-order valence-corrected chi connectivity index (χ2v) is 8.38. The molecule has 1 saturated carbocycles. The number of esters is 1. The van der Waals surface area contributed by atoms with Crippen molar-refractivity contribution in [2.45, 2.75) is 20.1 Å². The van der Waals surface area contributed by atoms with Crippen LogP contribution in [0, 0.1) is 17.3 Å². The first-order valence-electron chi connectivity index (χ1n) is 9.09. The molecule has 1 N–H and O–H groups in total. The monoisotopic (exact) mass is 433 g/mol. The van der Waals surface area contributed by atoms with Crippen LogP contribution in [-0.4, -0.2) is 12.4 Å². The highest BCUT2D eigenvalue weighted by atomic mass is 35.5. The molecular formula is C22H21Cl2NO4. The molecule has 0 spiro atoms. The average Bonchev–Trinajstić information content (AvgIpc) is 3.21. The van der Waals surface area contributed by atoms with Gasteiger partial charge in [-0.15, -0.1) is 0 Å². The first kappa shape index (κ1) is 21.2. The molecule has 7 heteroatoms. The van der Waals surface area contributed by atoms with Gasteiger partial charge in [-0.2, -0.15) is 0 Å². The molecule has 5 nitrogen and oxygen atoms in total. The van der Waals surface area contributed by atoms with Crippen LogP contribution in [0.3, 0.4) is 0 Å². The summed E-state index contributed by atoms with van der Waals surface area (Å²) in [5.74, 6) is 0.289. The molecule has 0 heterocycles. The lowest BCUT2D eigenvalue weighted by Crippen LogP contribution is -2.26. The van der Waals surface area contributed by atoms with Gasteiger partial charge in [0.25, 0.3) is 0 Å². The normalized spacial score (nSPS) is 20.1. The van der Waals surface area contributed by atoms with Crippen molar-refractivity contribution in [2.75, 3.05) is 0 Å². The highest BCUT2D eigenvalue weighted by Gasteiger charge is 2.62. The van der Waals surface area contributed by atoms with Crippen molar-refractivity contribution in [3.05, 3.63) is 70.7 Å². The molecule has 0 aromatic heterocycles. The van der Waals surface area contributed by atoms with Crippen molar-refractivity contribution in [3.8, 4) is 11.5 Å². The summed E-state index contributed by atoms with van der Waals surface area (Å²) in [4.78, 5) is 23.8. The number of ether oxygens (including phenoxy) is 2. The summed E-state index contributed by atoms with van der Waals surface area (Å²) in [7, 11) is 0. The Labute approximate surface area is 179 Å². The fourth-order valence-corrected chi connectivity index (χ4v) is 3.66. The van der Waals surface area contributed by atoms with E-state index >= 15 is 0 Å². The van der Waals surface area contributed by atoms with Crippen LogP contribution in [0.15, 0.2) is 65.2 Å². The molecular weight excluding hydrogens is 413 g/mol. The van der Waals surface area contributed by atoms with Crippen LogP contribution in [0.4, 0.5) is 0 Å². The number of rotatable bonds is 8. The minimum atomic E-state index is -0.938. The minimum absolute atomic E-state index is 0.117. The van der Waals surface area contributed by atoms with Crippen LogP contribution in [0.2, 0.25) is 0 Å². The lowest BCUT2D eigenvalue weighted by Gasteiger charge is -2.18. The number of allylic oxidation sites excluding steroid dienone is 1. The third kappa shape index (κ3) is 5.11. The Kier molecular flexibility index (Phi) is 6.50. The summed E-state index contributed by atoms with van der Waals surface area (Å²) < 4.78 is 11.5. The Morgan fingerprint density at radius 1 is 1.10 bits per heavy atom. The summed E-state index contributed by atoms with van der Waals surface area (Å²) in [6, 6.07) is 16.3. The first-order chi connectivity index (χ1) is 13.8. The van der Waals surface area contributed by atoms with Gasteiger partial charge in [-0.1, -0.05) is 67.4 Å². The third-order valence-electron chi connectivity index (χ3n) is 5.06. The topological polar surface area (TPSA) is 64.6 Å². The molecule has 0 saturated heterocycles. The zero-order chi connectivity index (χ0) is 21.0. The molecule has 1 amide bonds. The zero-order valence-corrected chi connectivity index (χ0v) is 17.5. The molecule has 152 valence electrons. The lowest BCUT2D eigenvalue weighted by atomic mass is 10.1. The van der Waals surface area contributed by atoms with Gasteiger partial charge in [-0.3, -0.25) is 9.59 Å². The highest BCUT2D eigenvalue weighted by molar-refractivity contribution is 6.55. The maximum Gasteiger partial charge on any atom is 0.312 e. The van der Waals surface area contributed by atoms with Crippen LogP contribution in [-0.2, 0) is 14.3 Å². The fourth-order valence-electron chi connectivity index (χ4n) is 3.39. The van der Waals surface area contributed by atoms with Crippen LogP contribution >= 0.6 is 23.2 Å². The second kappa shape index (κ2) is 8.89. The van der Waals surface area contributed by atoms with Crippen molar-refractivity contribution >= 4 is 35.6 Å². The first-order valence-corrected chi connectivity index (χ1v) is 9.84. The molecule has 1 aliphatic carbocycles. The van der Waals surface area contributed by atoms with E-state index in [0.29, 0.717) is 23.5 Å². The number of carbonyl (C=O) groups excluding carboxylic acids is 2. The number of benzene rings is 2. The Bertz CT molecular complexity index is 910. The Hall–Kier alpha value is -2.50. The molecule has 1 aliphatic rings. The van der Waals surface area contributed by atoms with E-state index in [9.17, 15) is 9.59 Å². The van der Waals surface area contributed by atoms with Crippen molar-refractivity contribution in [3.63, 3.8) is 0 Å². The smallest absolute Gasteiger partial charge is 0.312 e. The van der Waals surface area contributed by atoms with Crippen molar-refractivity contribution < 1.29 is 19.1 Å². The zero-order valence-electron chi connectivity index (χ0n) is 16.0. The molecule has 3 atom stereocenters. The van der Waals surface area contributed by atoms with Crippen molar-refractivity contribution in [1.82, 2.24) is 5.32 Å². The van der Waals surface area contributed by atoms with E-state index < -0.39 is 18.1 Å². The van der Waals surface area contributed by atoms with E-state index in [1.807, 2.05) is 44.2 Å². The van der Waals surface area contributed by atoms with E-state index in [2.05, 4.69) is 5.32 Å². The van der Waals surface area contributed by atoms with E-state index in [0.717, 1.165) is 0 Å². The van der Waals surface area contributed by atoms with E-state index in [-0.39, 0.29) is 15.8 Å². The largest absolute Gasteiger partial charge is 0.457 e. The van der Waals surface area contributed by atoms with Crippen molar-refractivity contribution in [1.29, 1.82) is 0 Å². The average molecular weight is 434 g/mol. The second-order valence-electron chi connectivity index (χ2n) is 7.37. The summed E-state index contributed by atoms with van der Waals surface area (Å²) >= 11 is 11.5. The Morgan fingerprint density at radius 3 is 2.45 bits per heavy atom. The number of halogens is 2. The van der Waals surface area contributed by atoms with Crippen LogP contribution < -0.4 is 10.1 Å². The van der Waals surface area contributed by atoms with E-state index in [1.54, 1.807) is 30.3 Å². The van der Waals surface area contributed by atoms with Gasteiger partial charge in [-0.05, 0) is 41.7 Å². The summed E-state index contributed by atoms with van der Waals surface area (Å²) in [6.07, 6.45) is 1.20. The summed E-state index contributed by atoms with van der Waals surface area (Å²) in [5, 5.41) is 2.54. The van der Waals surface area contributed by atoms with Gasteiger partial charge in [0.05, 0.1) is 5.92 Å². The van der Waals surface area contributed by atoms with E-state index in [1.165, 1.54) is 0 Å². The maximum atomic E-state index is 12.7. The molecule has 0 aliphatic heterocycles. The van der Waals surface area contributed by atoms with Crippen molar-refractivity contribution in [2.24, 2.45) is 17.3 Å². The third-order valence-corrected chi connectivity index (χ3v) is 5.32. The van der Waals surface area contributed by atoms with Gasteiger partial charge in [-0.25, -0.2) is 0 Å². The number of para-hydroxylation sites is 1. The fraction of sp³-hybridized carbons (Fsp3) is 0.273. The molecule has 2 aromatic rings. The van der Waals surface area contributed by atoms with Crippen LogP contribution in [0.25, 0.3) is 0 Å². The van der Waals surface area contributed by atoms with E-state index in [4.69, 9.17) is 32.7 Å². The molecule has 0 radical (unpaired) electrons. The van der Waals surface area contributed by atoms with Gasteiger partial charge < -0.3 is 14.8 Å². The minimum Gasteiger partial charge on any atom is -0.457 e.